The van der Waals surface area contributed by atoms with Gasteiger partial charge >= 0.3 is 0 Å². The van der Waals surface area contributed by atoms with Gasteiger partial charge in [0.2, 0.25) is 0 Å². The molecule has 0 saturated carbocycles. The third-order valence-corrected chi connectivity index (χ3v) is 4.19. The summed E-state index contributed by atoms with van der Waals surface area (Å²) in [6.07, 6.45) is 0. The van der Waals surface area contributed by atoms with Gasteiger partial charge in [-0.25, -0.2) is 8.78 Å². The fraction of sp³-hybridized carbons (Fsp3) is 0.250. The summed E-state index contributed by atoms with van der Waals surface area (Å²) < 4.78 is 28.5. The predicted molar refractivity (Wildman–Crippen MR) is 95.6 cm³/mol. The van der Waals surface area contributed by atoms with Crippen molar-refractivity contribution in [3.63, 3.8) is 0 Å². The Morgan fingerprint density at radius 3 is 2.52 bits per heavy atom. The van der Waals surface area contributed by atoms with Crippen LogP contribution >= 0.6 is 0 Å². The molecular formula is C20H21F2N3. The maximum atomic E-state index is 13.4. The van der Waals surface area contributed by atoms with E-state index in [1.54, 1.807) is 6.07 Å². The molecule has 2 aromatic carbocycles. The Kier molecular flexibility index (Phi) is 4.83. The molecule has 1 N–H and O–H groups in total. The van der Waals surface area contributed by atoms with Crippen LogP contribution in [0.2, 0.25) is 0 Å². The molecule has 5 heteroatoms. The molecule has 1 atom stereocenters. The SMILES string of the molecule is Cc1cc(C)n(Cc2cccc(NC(C)c3ccc(F)c(F)c3)c2)n1. The van der Waals surface area contributed by atoms with Crippen LogP contribution in [0.4, 0.5) is 14.5 Å². The molecule has 0 fully saturated rings. The monoisotopic (exact) mass is 341 g/mol. The largest absolute Gasteiger partial charge is 0.379 e. The maximum absolute atomic E-state index is 13.4. The van der Waals surface area contributed by atoms with E-state index >= 15 is 0 Å². The van der Waals surface area contributed by atoms with Gasteiger partial charge in [0.15, 0.2) is 11.6 Å². The number of nitrogens with one attached hydrogen (secondary N) is 1. The minimum atomic E-state index is -0.831. The number of aryl methyl sites for hydroxylation is 2. The van der Waals surface area contributed by atoms with Gasteiger partial charge in [-0.05, 0) is 62.2 Å². The summed E-state index contributed by atoms with van der Waals surface area (Å²) >= 11 is 0. The van der Waals surface area contributed by atoms with E-state index in [0.717, 1.165) is 28.7 Å². The second-order valence-electron chi connectivity index (χ2n) is 6.32. The van der Waals surface area contributed by atoms with Crippen LogP contribution in [0.3, 0.4) is 0 Å². The lowest BCUT2D eigenvalue weighted by Gasteiger charge is -2.17. The third kappa shape index (κ3) is 4.05. The van der Waals surface area contributed by atoms with E-state index < -0.39 is 11.6 Å². The van der Waals surface area contributed by atoms with Crippen molar-refractivity contribution in [1.29, 1.82) is 0 Å². The summed E-state index contributed by atoms with van der Waals surface area (Å²) in [4.78, 5) is 0. The molecule has 1 aromatic heterocycles. The van der Waals surface area contributed by atoms with E-state index in [0.29, 0.717) is 12.1 Å². The van der Waals surface area contributed by atoms with Crippen LogP contribution in [0.15, 0.2) is 48.5 Å². The maximum Gasteiger partial charge on any atom is 0.159 e. The number of anilines is 1. The molecule has 0 aliphatic carbocycles. The summed E-state index contributed by atoms with van der Waals surface area (Å²) in [5.74, 6) is -1.66. The highest BCUT2D eigenvalue weighted by Gasteiger charge is 2.10. The Morgan fingerprint density at radius 2 is 1.84 bits per heavy atom. The lowest BCUT2D eigenvalue weighted by Crippen LogP contribution is -2.08. The molecule has 0 radical (unpaired) electrons. The van der Waals surface area contributed by atoms with Crippen molar-refractivity contribution in [3.8, 4) is 0 Å². The second kappa shape index (κ2) is 7.05. The van der Waals surface area contributed by atoms with Gasteiger partial charge in [0.1, 0.15) is 0 Å². The lowest BCUT2D eigenvalue weighted by molar-refractivity contribution is 0.506. The Bertz CT molecular complexity index is 886. The molecule has 0 aliphatic heterocycles. The van der Waals surface area contributed by atoms with Crippen LogP contribution in [0.5, 0.6) is 0 Å². The predicted octanol–water partition coefficient (Wildman–Crippen LogP) is 5.00. The summed E-state index contributed by atoms with van der Waals surface area (Å²) in [6.45, 7) is 6.62. The number of hydrogen-bond donors (Lipinski definition) is 1. The topological polar surface area (TPSA) is 29.9 Å². The van der Waals surface area contributed by atoms with Crippen LogP contribution in [-0.2, 0) is 6.54 Å². The van der Waals surface area contributed by atoms with E-state index in [2.05, 4.69) is 10.4 Å². The van der Waals surface area contributed by atoms with E-state index in [-0.39, 0.29) is 6.04 Å². The molecule has 130 valence electrons. The van der Waals surface area contributed by atoms with Gasteiger partial charge < -0.3 is 5.32 Å². The number of aromatic nitrogens is 2. The van der Waals surface area contributed by atoms with Gasteiger partial charge in [-0.3, -0.25) is 4.68 Å². The molecule has 0 bridgehead atoms. The van der Waals surface area contributed by atoms with Gasteiger partial charge in [-0.2, -0.15) is 5.10 Å². The Balaban J connectivity index is 1.74. The fourth-order valence-corrected chi connectivity index (χ4v) is 2.88. The zero-order valence-corrected chi connectivity index (χ0v) is 14.6. The molecule has 0 amide bonds. The highest BCUT2D eigenvalue weighted by molar-refractivity contribution is 5.47. The van der Waals surface area contributed by atoms with Crippen LogP contribution in [0.1, 0.15) is 35.5 Å². The van der Waals surface area contributed by atoms with Gasteiger partial charge in [0, 0.05) is 17.4 Å². The summed E-state index contributed by atoms with van der Waals surface area (Å²) in [5, 5.41) is 7.81. The van der Waals surface area contributed by atoms with Crippen LogP contribution < -0.4 is 5.32 Å². The normalized spacial score (nSPS) is 12.2. The molecule has 0 saturated heterocycles. The number of halogens is 2. The Hall–Kier alpha value is -2.69. The average Bonchev–Trinajstić information content (AvgIpc) is 2.87. The zero-order chi connectivity index (χ0) is 18.0. The number of rotatable bonds is 5. The number of benzene rings is 2. The lowest BCUT2D eigenvalue weighted by atomic mass is 10.1. The van der Waals surface area contributed by atoms with Crippen molar-refractivity contribution in [3.05, 3.63) is 82.7 Å². The molecule has 1 heterocycles. The molecule has 1 unspecified atom stereocenters. The summed E-state index contributed by atoms with van der Waals surface area (Å²) in [7, 11) is 0. The van der Waals surface area contributed by atoms with Gasteiger partial charge in [0.25, 0.3) is 0 Å². The average molecular weight is 341 g/mol. The van der Waals surface area contributed by atoms with Crippen molar-refractivity contribution in [2.75, 3.05) is 5.32 Å². The van der Waals surface area contributed by atoms with Crippen LogP contribution in [0.25, 0.3) is 0 Å². The fourth-order valence-electron chi connectivity index (χ4n) is 2.88. The first-order valence-electron chi connectivity index (χ1n) is 8.24. The quantitative estimate of drug-likeness (QED) is 0.708. The first-order valence-corrected chi connectivity index (χ1v) is 8.24. The van der Waals surface area contributed by atoms with Gasteiger partial charge in [0.05, 0.1) is 12.2 Å². The molecule has 3 aromatic rings. The van der Waals surface area contributed by atoms with Crippen molar-refractivity contribution in [1.82, 2.24) is 9.78 Å². The smallest absolute Gasteiger partial charge is 0.159 e. The summed E-state index contributed by atoms with van der Waals surface area (Å²) in [6, 6.07) is 13.9. The van der Waals surface area contributed by atoms with Crippen molar-refractivity contribution >= 4 is 5.69 Å². The first kappa shape index (κ1) is 17.1. The van der Waals surface area contributed by atoms with E-state index in [4.69, 9.17) is 0 Å². The Morgan fingerprint density at radius 1 is 1.04 bits per heavy atom. The molecule has 0 spiro atoms. The van der Waals surface area contributed by atoms with E-state index in [1.807, 2.05) is 55.8 Å². The van der Waals surface area contributed by atoms with Crippen LogP contribution in [0, 0.1) is 25.5 Å². The highest BCUT2D eigenvalue weighted by atomic mass is 19.2. The van der Waals surface area contributed by atoms with Gasteiger partial charge in [-0.1, -0.05) is 18.2 Å². The highest BCUT2D eigenvalue weighted by Crippen LogP contribution is 2.22. The van der Waals surface area contributed by atoms with Crippen molar-refractivity contribution in [2.45, 2.75) is 33.4 Å². The standard InChI is InChI=1S/C20H21F2N3/c1-13-9-14(2)25(24-13)12-16-5-4-6-18(10-16)23-15(3)17-7-8-19(21)20(22)11-17/h4-11,15,23H,12H2,1-3H3. The Labute approximate surface area is 146 Å². The minimum absolute atomic E-state index is 0.140. The van der Waals surface area contributed by atoms with E-state index in [1.165, 1.54) is 6.07 Å². The van der Waals surface area contributed by atoms with Crippen molar-refractivity contribution in [2.24, 2.45) is 0 Å². The molecule has 3 rings (SSSR count). The number of hydrogen-bond acceptors (Lipinski definition) is 2. The molecule has 25 heavy (non-hydrogen) atoms. The summed E-state index contributed by atoms with van der Waals surface area (Å²) in [5.41, 5.74) is 4.86. The second-order valence-corrected chi connectivity index (χ2v) is 6.32. The number of nitrogens with zero attached hydrogens (tertiary/aromatic N) is 2. The first-order chi connectivity index (χ1) is 11.9. The van der Waals surface area contributed by atoms with E-state index in [9.17, 15) is 8.78 Å². The molecule has 0 aliphatic rings. The van der Waals surface area contributed by atoms with Crippen LogP contribution in [-0.4, -0.2) is 9.78 Å². The van der Waals surface area contributed by atoms with Crippen molar-refractivity contribution < 1.29 is 8.78 Å². The minimum Gasteiger partial charge on any atom is -0.379 e. The zero-order valence-electron chi connectivity index (χ0n) is 14.6. The molecular weight excluding hydrogens is 320 g/mol. The van der Waals surface area contributed by atoms with Gasteiger partial charge in [-0.15, -0.1) is 0 Å². The third-order valence-electron chi connectivity index (χ3n) is 4.19. The molecule has 3 nitrogen and oxygen atoms in total.